The Morgan fingerprint density at radius 1 is 1.38 bits per heavy atom. The molecule has 2 rings (SSSR count). The van der Waals surface area contributed by atoms with Gasteiger partial charge in [0.1, 0.15) is 4.21 Å². The highest BCUT2D eigenvalue weighted by Crippen LogP contribution is 2.38. The molecule has 1 aromatic heterocycles. The molecule has 2 aromatic rings. The minimum Gasteiger partial charge on any atom is -0.258 e. The molecule has 0 N–H and O–H groups in total. The lowest BCUT2D eigenvalue weighted by Crippen LogP contribution is -1.85. The zero-order valence-electron chi connectivity index (χ0n) is 7.84. The Morgan fingerprint density at radius 2 is 2.06 bits per heavy atom. The average Bonchev–Trinajstić information content (AvgIpc) is 2.69. The first kappa shape index (κ1) is 11.4. The Kier molecular flexibility index (Phi) is 3.48. The number of nitro groups is 1. The molecule has 16 heavy (non-hydrogen) atoms. The van der Waals surface area contributed by atoms with E-state index in [9.17, 15) is 10.1 Å². The van der Waals surface area contributed by atoms with E-state index < -0.39 is 4.92 Å². The first-order valence-corrected chi connectivity index (χ1v) is 6.25. The quantitative estimate of drug-likeness (QED) is 0.618. The van der Waals surface area contributed by atoms with Crippen LogP contribution in [-0.2, 0) is 0 Å². The van der Waals surface area contributed by atoms with Crippen molar-refractivity contribution in [2.75, 3.05) is 0 Å². The standard InChI is InChI=1S/C10H5ClNO2S2/c11-7-1-3-8(4-2-7)16-10-9(12(13)14)5-6-15-10/h1-5H. The van der Waals surface area contributed by atoms with Gasteiger partial charge in [-0.1, -0.05) is 23.4 Å². The van der Waals surface area contributed by atoms with E-state index in [1.165, 1.54) is 29.2 Å². The van der Waals surface area contributed by atoms with Crippen molar-refractivity contribution in [2.24, 2.45) is 0 Å². The van der Waals surface area contributed by atoms with Crippen molar-refractivity contribution in [3.8, 4) is 0 Å². The number of hydrogen-bond donors (Lipinski definition) is 0. The molecule has 0 amide bonds. The molecule has 0 saturated carbocycles. The number of hydrogen-bond acceptors (Lipinski definition) is 4. The van der Waals surface area contributed by atoms with Gasteiger partial charge in [-0.3, -0.25) is 10.1 Å². The van der Waals surface area contributed by atoms with Crippen LogP contribution in [0.15, 0.2) is 39.4 Å². The van der Waals surface area contributed by atoms with Gasteiger partial charge in [-0.05, 0) is 24.3 Å². The number of benzene rings is 1. The van der Waals surface area contributed by atoms with Crippen LogP contribution in [0.25, 0.3) is 0 Å². The maximum absolute atomic E-state index is 10.7. The van der Waals surface area contributed by atoms with Crippen LogP contribution in [0.5, 0.6) is 0 Å². The molecule has 0 unspecified atom stereocenters. The predicted octanol–water partition coefficient (Wildman–Crippen LogP) is 4.26. The summed E-state index contributed by atoms with van der Waals surface area (Å²) in [5, 5.41) is 14.1. The SMILES string of the molecule is O=[N+]([O-])c1c[c]sc1Sc1ccc(Cl)cc1. The molecular formula is C10H5ClNO2S2. The molecule has 0 aliphatic carbocycles. The third kappa shape index (κ3) is 2.55. The third-order valence-electron chi connectivity index (χ3n) is 1.78. The lowest BCUT2D eigenvalue weighted by molar-refractivity contribution is -0.387. The summed E-state index contributed by atoms with van der Waals surface area (Å²) in [4.78, 5) is 11.2. The van der Waals surface area contributed by atoms with Gasteiger partial charge in [0.15, 0.2) is 0 Å². The van der Waals surface area contributed by atoms with Crippen molar-refractivity contribution in [1.82, 2.24) is 0 Å². The van der Waals surface area contributed by atoms with E-state index in [2.05, 4.69) is 5.38 Å². The largest absolute Gasteiger partial charge is 0.294 e. The zero-order chi connectivity index (χ0) is 11.5. The highest BCUT2D eigenvalue weighted by Gasteiger charge is 2.16. The van der Waals surface area contributed by atoms with Crippen molar-refractivity contribution < 1.29 is 4.92 Å². The van der Waals surface area contributed by atoms with Crippen molar-refractivity contribution in [2.45, 2.75) is 9.10 Å². The van der Waals surface area contributed by atoms with E-state index in [4.69, 9.17) is 11.6 Å². The first-order chi connectivity index (χ1) is 7.66. The van der Waals surface area contributed by atoms with Gasteiger partial charge in [0.2, 0.25) is 0 Å². The second-order valence-electron chi connectivity index (χ2n) is 2.85. The van der Waals surface area contributed by atoms with Crippen molar-refractivity contribution in [1.29, 1.82) is 0 Å². The lowest BCUT2D eigenvalue weighted by Gasteiger charge is -1.98. The number of rotatable bonds is 3. The van der Waals surface area contributed by atoms with Crippen molar-refractivity contribution in [3.63, 3.8) is 0 Å². The molecule has 6 heteroatoms. The molecule has 1 aromatic carbocycles. The fourth-order valence-corrected chi connectivity index (χ4v) is 3.03. The topological polar surface area (TPSA) is 43.1 Å². The fourth-order valence-electron chi connectivity index (χ4n) is 1.06. The molecule has 0 fully saturated rings. The van der Waals surface area contributed by atoms with Crippen molar-refractivity contribution in [3.05, 3.63) is 50.8 Å². The third-order valence-corrected chi connectivity index (χ3v) is 4.06. The minimum atomic E-state index is -0.398. The van der Waals surface area contributed by atoms with Gasteiger partial charge in [-0.15, -0.1) is 11.3 Å². The van der Waals surface area contributed by atoms with E-state index in [1.807, 2.05) is 12.1 Å². The van der Waals surface area contributed by atoms with Crippen LogP contribution in [0.3, 0.4) is 0 Å². The highest BCUT2D eigenvalue weighted by atomic mass is 35.5. The van der Waals surface area contributed by atoms with Crippen LogP contribution in [-0.4, -0.2) is 4.92 Å². The summed E-state index contributed by atoms with van der Waals surface area (Å²) < 4.78 is 0.632. The predicted molar refractivity (Wildman–Crippen MR) is 65.4 cm³/mol. The van der Waals surface area contributed by atoms with Crippen LogP contribution in [0.4, 0.5) is 5.69 Å². The van der Waals surface area contributed by atoms with Crippen LogP contribution in [0, 0.1) is 15.5 Å². The maximum Gasteiger partial charge on any atom is 0.294 e. The van der Waals surface area contributed by atoms with Gasteiger partial charge in [0, 0.05) is 16.0 Å². The summed E-state index contributed by atoms with van der Waals surface area (Å²) in [6.07, 6.45) is 0. The summed E-state index contributed by atoms with van der Waals surface area (Å²) in [5.41, 5.74) is 0.102. The smallest absolute Gasteiger partial charge is 0.258 e. The Labute approximate surface area is 105 Å². The number of halogens is 1. The van der Waals surface area contributed by atoms with E-state index in [1.54, 1.807) is 12.1 Å². The van der Waals surface area contributed by atoms with Gasteiger partial charge < -0.3 is 0 Å². The molecule has 0 atom stereocenters. The Balaban J connectivity index is 2.23. The number of nitrogens with zero attached hydrogens (tertiary/aromatic N) is 1. The zero-order valence-corrected chi connectivity index (χ0v) is 10.2. The average molecular weight is 271 g/mol. The van der Waals surface area contributed by atoms with Crippen LogP contribution < -0.4 is 0 Å². The van der Waals surface area contributed by atoms with Gasteiger partial charge in [-0.25, -0.2) is 0 Å². The minimum absolute atomic E-state index is 0.102. The van der Waals surface area contributed by atoms with Crippen molar-refractivity contribution >= 4 is 40.4 Å². The second kappa shape index (κ2) is 4.86. The lowest BCUT2D eigenvalue weighted by atomic mass is 10.4. The highest BCUT2D eigenvalue weighted by molar-refractivity contribution is 8.01. The summed E-state index contributed by atoms with van der Waals surface area (Å²) >= 11 is 8.34. The molecule has 81 valence electrons. The van der Waals surface area contributed by atoms with E-state index in [0.717, 1.165) is 4.90 Å². The van der Waals surface area contributed by atoms with E-state index in [0.29, 0.717) is 9.23 Å². The number of thiophene rings is 1. The van der Waals surface area contributed by atoms with E-state index in [-0.39, 0.29) is 5.69 Å². The van der Waals surface area contributed by atoms with Crippen LogP contribution >= 0.6 is 34.7 Å². The molecular weight excluding hydrogens is 266 g/mol. The molecule has 0 saturated heterocycles. The Bertz CT molecular complexity index is 510. The molecule has 0 aliphatic heterocycles. The Hall–Kier alpha value is -1.04. The molecule has 0 aliphatic rings. The van der Waals surface area contributed by atoms with E-state index >= 15 is 0 Å². The summed E-state index contributed by atoms with van der Waals surface area (Å²) in [5.74, 6) is 0. The molecule has 0 spiro atoms. The van der Waals surface area contributed by atoms with Gasteiger partial charge >= 0.3 is 0 Å². The van der Waals surface area contributed by atoms with Crippen LogP contribution in [0.2, 0.25) is 5.02 Å². The maximum atomic E-state index is 10.7. The summed E-state index contributed by atoms with van der Waals surface area (Å²) in [6, 6.07) is 8.57. The second-order valence-corrected chi connectivity index (χ2v) is 5.48. The van der Waals surface area contributed by atoms with Crippen LogP contribution in [0.1, 0.15) is 0 Å². The fraction of sp³-hybridized carbons (Fsp3) is 0. The summed E-state index contributed by atoms with van der Waals surface area (Å²) in [7, 11) is 0. The monoisotopic (exact) mass is 270 g/mol. The first-order valence-electron chi connectivity index (χ1n) is 4.24. The molecule has 0 bridgehead atoms. The normalized spacial score (nSPS) is 10.3. The Morgan fingerprint density at radius 3 is 2.69 bits per heavy atom. The molecule has 1 heterocycles. The molecule has 1 radical (unpaired) electrons. The van der Waals surface area contributed by atoms with Gasteiger partial charge in [0.05, 0.1) is 10.3 Å². The molecule has 3 nitrogen and oxygen atoms in total. The summed E-state index contributed by atoms with van der Waals surface area (Å²) in [6.45, 7) is 0. The van der Waals surface area contributed by atoms with Gasteiger partial charge in [-0.2, -0.15) is 0 Å². The van der Waals surface area contributed by atoms with Gasteiger partial charge in [0.25, 0.3) is 5.69 Å².